The maximum atomic E-state index is 12.9. The van der Waals surface area contributed by atoms with Gasteiger partial charge in [0.1, 0.15) is 5.01 Å². The maximum absolute atomic E-state index is 12.9. The molecule has 32 heavy (non-hydrogen) atoms. The Hall–Kier alpha value is -3.59. The minimum absolute atomic E-state index is 0.0944. The molecule has 0 bridgehead atoms. The maximum Gasteiger partial charge on any atom is 0.259 e. The summed E-state index contributed by atoms with van der Waals surface area (Å²) in [7, 11) is 0. The predicted molar refractivity (Wildman–Crippen MR) is 124 cm³/mol. The number of aromatic nitrogens is 2. The molecule has 2 N–H and O–H groups in total. The molecule has 3 amide bonds. The Kier molecular flexibility index (Phi) is 6.27. The molecule has 1 atom stereocenters. The Labute approximate surface area is 189 Å². The first-order valence-electron chi connectivity index (χ1n) is 10.3. The molecule has 4 rings (SSSR count). The number of amides is 3. The van der Waals surface area contributed by atoms with Crippen LogP contribution in [0.5, 0.6) is 0 Å². The molecule has 1 aliphatic heterocycles. The Morgan fingerprint density at radius 3 is 2.56 bits per heavy atom. The van der Waals surface area contributed by atoms with Crippen molar-refractivity contribution in [1.82, 2.24) is 10.2 Å². The molecule has 0 aliphatic carbocycles. The van der Waals surface area contributed by atoms with E-state index in [1.807, 2.05) is 38.1 Å². The first-order valence-corrected chi connectivity index (χ1v) is 11.2. The normalized spacial score (nSPS) is 15.6. The van der Waals surface area contributed by atoms with Gasteiger partial charge in [-0.15, -0.1) is 10.2 Å². The lowest BCUT2D eigenvalue weighted by molar-refractivity contribution is -0.122. The van der Waals surface area contributed by atoms with Gasteiger partial charge < -0.3 is 10.2 Å². The zero-order valence-electron chi connectivity index (χ0n) is 17.8. The Morgan fingerprint density at radius 1 is 1.09 bits per heavy atom. The number of rotatable bonds is 6. The van der Waals surface area contributed by atoms with E-state index >= 15 is 0 Å². The van der Waals surface area contributed by atoms with Crippen LogP contribution in [0.4, 0.5) is 16.5 Å². The molecule has 1 aliphatic rings. The monoisotopic (exact) mass is 449 g/mol. The number of hydrogen-bond acceptors (Lipinski definition) is 6. The summed E-state index contributed by atoms with van der Waals surface area (Å²) in [6.45, 7) is 4.24. The van der Waals surface area contributed by atoms with Crippen LogP contribution in [0.2, 0.25) is 0 Å². The third kappa shape index (κ3) is 4.67. The molecular formula is C23H23N5O3S. The summed E-state index contributed by atoms with van der Waals surface area (Å²) in [5.41, 5.74) is 2.58. The molecule has 0 radical (unpaired) electrons. The molecule has 1 unspecified atom stereocenters. The van der Waals surface area contributed by atoms with Crippen LogP contribution in [0.25, 0.3) is 0 Å². The van der Waals surface area contributed by atoms with Gasteiger partial charge in [0, 0.05) is 18.7 Å². The van der Waals surface area contributed by atoms with E-state index in [9.17, 15) is 14.4 Å². The van der Waals surface area contributed by atoms with Gasteiger partial charge >= 0.3 is 0 Å². The quantitative estimate of drug-likeness (QED) is 0.598. The highest BCUT2D eigenvalue weighted by Gasteiger charge is 2.35. The van der Waals surface area contributed by atoms with Crippen LogP contribution in [-0.2, 0) is 16.0 Å². The molecule has 2 aromatic carbocycles. The molecule has 9 heteroatoms. The van der Waals surface area contributed by atoms with Gasteiger partial charge in [-0.05, 0) is 37.6 Å². The molecular weight excluding hydrogens is 426 g/mol. The number of para-hydroxylation sites is 1. The van der Waals surface area contributed by atoms with E-state index in [0.29, 0.717) is 22.9 Å². The molecule has 1 saturated heterocycles. The second-order valence-electron chi connectivity index (χ2n) is 7.58. The molecule has 164 valence electrons. The molecule has 8 nitrogen and oxygen atoms in total. The standard InChI is InChI=1S/C23H23N5O3S/c1-3-19-26-27-23(32-19)25-22(31)17-6-4-5-7-18(17)24-21(30)15-12-20(29)28(13-15)16-10-8-14(2)9-11-16/h4-11,15H,3,12-13H2,1-2H3,(H,24,30)(H,25,27,31). The van der Waals surface area contributed by atoms with Crippen LogP contribution in [0, 0.1) is 12.8 Å². The Bertz CT molecular complexity index is 1160. The van der Waals surface area contributed by atoms with Gasteiger partial charge in [-0.3, -0.25) is 19.7 Å². The number of aryl methyl sites for hydroxylation is 2. The van der Waals surface area contributed by atoms with Crippen molar-refractivity contribution >= 4 is 45.6 Å². The van der Waals surface area contributed by atoms with Crippen molar-refractivity contribution in [3.05, 3.63) is 64.7 Å². The molecule has 0 saturated carbocycles. The summed E-state index contributed by atoms with van der Waals surface area (Å²) in [4.78, 5) is 39.8. The van der Waals surface area contributed by atoms with Crippen LogP contribution in [0.1, 0.15) is 34.3 Å². The second kappa shape index (κ2) is 9.27. The van der Waals surface area contributed by atoms with Crippen molar-refractivity contribution < 1.29 is 14.4 Å². The highest BCUT2D eigenvalue weighted by Crippen LogP contribution is 2.27. The van der Waals surface area contributed by atoms with Crippen molar-refractivity contribution in [2.24, 2.45) is 5.92 Å². The van der Waals surface area contributed by atoms with Crippen molar-refractivity contribution in [2.45, 2.75) is 26.7 Å². The molecule has 1 fully saturated rings. The number of nitrogens with one attached hydrogen (secondary N) is 2. The first-order chi connectivity index (χ1) is 15.4. The molecule has 2 heterocycles. The van der Waals surface area contributed by atoms with E-state index in [1.54, 1.807) is 29.2 Å². The minimum atomic E-state index is -0.504. The van der Waals surface area contributed by atoms with Gasteiger partial charge in [-0.2, -0.15) is 0 Å². The van der Waals surface area contributed by atoms with Crippen LogP contribution in [0.3, 0.4) is 0 Å². The summed E-state index contributed by atoms with van der Waals surface area (Å²) in [5, 5.41) is 14.7. The van der Waals surface area contributed by atoms with E-state index in [0.717, 1.165) is 22.7 Å². The SMILES string of the molecule is CCc1nnc(NC(=O)c2ccccc2NC(=O)C2CC(=O)N(c3ccc(C)cc3)C2)s1. The zero-order valence-corrected chi connectivity index (χ0v) is 18.6. The predicted octanol–water partition coefficient (Wildman–Crippen LogP) is 3.65. The highest BCUT2D eigenvalue weighted by molar-refractivity contribution is 7.15. The number of hydrogen-bond donors (Lipinski definition) is 2. The van der Waals surface area contributed by atoms with Gasteiger partial charge in [0.2, 0.25) is 16.9 Å². The highest BCUT2D eigenvalue weighted by atomic mass is 32.1. The number of benzene rings is 2. The summed E-state index contributed by atoms with van der Waals surface area (Å²) in [6, 6.07) is 14.4. The fourth-order valence-electron chi connectivity index (χ4n) is 3.49. The lowest BCUT2D eigenvalue weighted by Gasteiger charge is -2.17. The third-order valence-corrected chi connectivity index (χ3v) is 6.24. The van der Waals surface area contributed by atoms with Crippen molar-refractivity contribution in [3.8, 4) is 0 Å². The number of carbonyl (C=O) groups is 3. The fourth-order valence-corrected chi connectivity index (χ4v) is 4.17. The van der Waals surface area contributed by atoms with Crippen LogP contribution < -0.4 is 15.5 Å². The van der Waals surface area contributed by atoms with E-state index in [4.69, 9.17) is 0 Å². The van der Waals surface area contributed by atoms with E-state index < -0.39 is 5.92 Å². The lowest BCUT2D eigenvalue weighted by atomic mass is 10.1. The number of nitrogens with zero attached hydrogens (tertiary/aromatic N) is 3. The molecule has 3 aromatic rings. The van der Waals surface area contributed by atoms with Gasteiger partial charge in [0.25, 0.3) is 5.91 Å². The smallest absolute Gasteiger partial charge is 0.259 e. The average Bonchev–Trinajstić information content (AvgIpc) is 3.41. The van der Waals surface area contributed by atoms with Crippen molar-refractivity contribution in [1.29, 1.82) is 0 Å². The Balaban J connectivity index is 1.45. The zero-order chi connectivity index (χ0) is 22.7. The van der Waals surface area contributed by atoms with Crippen LogP contribution >= 0.6 is 11.3 Å². The number of anilines is 3. The van der Waals surface area contributed by atoms with Crippen molar-refractivity contribution in [3.63, 3.8) is 0 Å². The summed E-state index contributed by atoms with van der Waals surface area (Å²) < 4.78 is 0. The van der Waals surface area contributed by atoms with Gasteiger partial charge in [-0.1, -0.05) is 48.1 Å². The van der Waals surface area contributed by atoms with Crippen LogP contribution in [0.15, 0.2) is 48.5 Å². The van der Waals surface area contributed by atoms with Gasteiger partial charge in [0.05, 0.1) is 17.2 Å². The second-order valence-corrected chi connectivity index (χ2v) is 8.65. The minimum Gasteiger partial charge on any atom is -0.325 e. The van der Waals surface area contributed by atoms with E-state index in [2.05, 4.69) is 20.8 Å². The third-order valence-electron chi connectivity index (χ3n) is 5.26. The summed E-state index contributed by atoms with van der Waals surface area (Å²) >= 11 is 1.31. The fraction of sp³-hybridized carbons (Fsp3) is 0.261. The average molecular weight is 450 g/mol. The van der Waals surface area contributed by atoms with Crippen molar-refractivity contribution in [2.75, 3.05) is 22.1 Å². The summed E-state index contributed by atoms with van der Waals surface area (Å²) in [5.74, 6) is -1.28. The largest absolute Gasteiger partial charge is 0.325 e. The Morgan fingerprint density at radius 2 is 1.84 bits per heavy atom. The number of carbonyl (C=O) groups excluding carboxylic acids is 3. The van der Waals surface area contributed by atoms with E-state index in [-0.39, 0.29) is 24.1 Å². The summed E-state index contributed by atoms with van der Waals surface area (Å²) in [6.07, 6.45) is 0.860. The topological polar surface area (TPSA) is 104 Å². The van der Waals surface area contributed by atoms with E-state index in [1.165, 1.54) is 11.3 Å². The van der Waals surface area contributed by atoms with Crippen LogP contribution in [-0.4, -0.2) is 34.5 Å². The lowest BCUT2D eigenvalue weighted by Crippen LogP contribution is -2.28. The molecule has 0 spiro atoms. The van der Waals surface area contributed by atoms with Gasteiger partial charge in [0.15, 0.2) is 0 Å². The first kappa shape index (κ1) is 21.6. The van der Waals surface area contributed by atoms with Gasteiger partial charge in [-0.25, -0.2) is 0 Å². The molecule has 1 aromatic heterocycles.